The molecule has 1 aliphatic heterocycles. The minimum absolute atomic E-state index is 0.0395. The van der Waals surface area contributed by atoms with Crippen molar-refractivity contribution >= 4 is 35.1 Å². The number of carbonyl (C=O) groups excluding carboxylic acids is 3. The molecular weight excluding hydrogens is 470 g/mol. The largest absolute Gasteiger partial charge is 0.493 e. The Kier molecular flexibility index (Phi) is 9.85. The van der Waals surface area contributed by atoms with E-state index in [0.29, 0.717) is 36.8 Å². The molecule has 1 atom stereocenters. The van der Waals surface area contributed by atoms with Crippen molar-refractivity contribution in [3.8, 4) is 11.5 Å². The summed E-state index contributed by atoms with van der Waals surface area (Å²) in [6.45, 7) is 3.35. The van der Waals surface area contributed by atoms with Gasteiger partial charge < -0.3 is 24.4 Å². The summed E-state index contributed by atoms with van der Waals surface area (Å²) in [6.07, 6.45) is 0.580. The number of carbonyl (C=O) groups is 3. The van der Waals surface area contributed by atoms with Crippen LogP contribution in [0, 0.1) is 0 Å². The summed E-state index contributed by atoms with van der Waals surface area (Å²) in [5, 5.41) is 5.44. The highest BCUT2D eigenvalue weighted by molar-refractivity contribution is 7.80. The molecule has 2 aromatic rings. The summed E-state index contributed by atoms with van der Waals surface area (Å²) in [7, 11) is 0. The molecule has 9 nitrogen and oxygen atoms in total. The summed E-state index contributed by atoms with van der Waals surface area (Å²) in [5.74, 6) is -0.265. The summed E-state index contributed by atoms with van der Waals surface area (Å²) in [5.41, 5.74) is 0.333. The van der Waals surface area contributed by atoms with Crippen LogP contribution in [0.2, 0.25) is 0 Å². The molecule has 0 aliphatic carbocycles. The van der Waals surface area contributed by atoms with Crippen LogP contribution in [-0.4, -0.2) is 66.7 Å². The minimum Gasteiger partial charge on any atom is -0.493 e. The van der Waals surface area contributed by atoms with Gasteiger partial charge in [-0.3, -0.25) is 19.7 Å². The zero-order chi connectivity index (χ0) is 25.0. The van der Waals surface area contributed by atoms with Gasteiger partial charge in [-0.2, -0.15) is 0 Å². The van der Waals surface area contributed by atoms with Crippen molar-refractivity contribution in [2.24, 2.45) is 0 Å². The zero-order valence-electron chi connectivity index (χ0n) is 19.5. The van der Waals surface area contributed by atoms with E-state index in [9.17, 15) is 14.4 Å². The molecule has 0 spiro atoms. The number of hydrogen-bond donors (Lipinski definition) is 2. The Morgan fingerprint density at radius 2 is 1.80 bits per heavy atom. The second-order valence-corrected chi connectivity index (χ2v) is 8.08. The van der Waals surface area contributed by atoms with Gasteiger partial charge in [0.25, 0.3) is 5.91 Å². The summed E-state index contributed by atoms with van der Waals surface area (Å²) in [4.78, 5) is 39.3. The van der Waals surface area contributed by atoms with Gasteiger partial charge in [0.05, 0.1) is 18.6 Å². The zero-order valence-corrected chi connectivity index (χ0v) is 20.3. The van der Waals surface area contributed by atoms with Crippen molar-refractivity contribution < 1.29 is 28.6 Å². The Labute approximate surface area is 209 Å². The molecule has 1 fully saturated rings. The molecule has 186 valence electrons. The third-order valence-electron chi connectivity index (χ3n) is 5.12. The topological polar surface area (TPSA) is 106 Å². The van der Waals surface area contributed by atoms with Crippen LogP contribution in [0.5, 0.6) is 11.5 Å². The number of piperazine rings is 1. The SMILES string of the molecule is CCCOc1ccccc1C(=O)NC(=S)N1CCNC(=O)C1CC(=O)OCCOc1ccccc1. The highest BCUT2D eigenvalue weighted by atomic mass is 32.1. The van der Waals surface area contributed by atoms with Gasteiger partial charge in [0.1, 0.15) is 30.8 Å². The number of para-hydroxylation sites is 2. The number of hydrogen-bond acceptors (Lipinski definition) is 7. The molecule has 1 heterocycles. The van der Waals surface area contributed by atoms with Gasteiger partial charge in [-0.15, -0.1) is 0 Å². The van der Waals surface area contributed by atoms with E-state index in [-0.39, 0.29) is 30.7 Å². The molecule has 2 amide bonds. The Balaban J connectivity index is 1.55. The van der Waals surface area contributed by atoms with Crippen LogP contribution in [0.1, 0.15) is 30.1 Å². The van der Waals surface area contributed by atoms with E-state index in [2.05, 4.69) is 10.6 Å². The summed E-state index contributed by atoms with van der Waals surface area (Å²) >= 11 is 5.43. The molecule has 0 bridgehead atoms. The molecule has 0 saturated carbocycles. The summed E-state index contributed by atoms with van der Waals surface area (Å²) in [6, 6.07) is 15.1. The van der Waals surface area contributed by atoms with Gasteiger partial charge in [-0.1, -0.05) is 37.3 Å². The molecule has 3 rings (SSSR count). The van der Waals surface area contributed by atoms with Crippen LogP contribution in [0.4, 0.5) is 0 Å². The number of benzene rings is 2. The third kappa shape index (κ3) is 7.68. The summed E-state index contributed by atoms with van der Waals surface area (Å²) < 4.78 is 16.4. The van der Waals surface area contributed by atoms with Crippen molar-refractivity contribution in [2.45, 2.75) is 25.8 Å². The Morgan fingerprint density at radius 1 is 1.06 bits per heavy atom. The Bertz CT molecular complexity index is 1030. The number of amides is 2. The Morgan fingerprint density at radius 3 is 2.57 bits per heavy atom. The molecule has 1 unspecified atom stereocenters. The maximum absolute atomic E-state index is 12.9. The molecule has 2 N–H and O–H groups in total. The normalized spacial score (nSPS) is 15.1. The first-order chi connectivity index (χ1) is 17.0. The average molecular weight is 500 g/mol. The van der Waals surface area contributed by atoms with Gasteiger partial charge in [-0.05, 0) is 42.9 Å². The van der Waals surface area contributed by atoms with Gasteiger partial charge in [0, 0.05) is 13.1 Å². The van der Waals surface area contributed by atoms with Crippen LogP contribution < -0.4 is 20.1 Å². The van der Waals surface area contributed by atoms with Crippen molar-refractivity contribution in [1.82, 2.24) is 15.5 Å². The maximum Gasteiger partial charge on any atom is 0.308 e. The molecule has 0 radical (unpaired) electrons. The number of nitrogens with one attached hydrogen (secondary N) is 2. The van der Waals surface area contributed by atoms with Crippen LogP contribution in [-0.2, 0) is 14.3 Å². The lowest BCUT2D eigenvalue weighted by atomic mass is 10.1. The molecular formula is C25H29N3O6S. The lowest BCUT2D eigenvalue weighted by Gasteiger charge is -2.36. The van der Waals surface area contributed by atoms with Gasteiger partial charge in [0.15, 0.2) is 5.11 Å². The first-order valence-corrected chi connectivity index (χ1v) is 11.9. The van der Waals surface area contributed by atoms with Gasteiger partial charge in [-0.25, -0.2) is 0 Å². The van der Waals surface area contributed by atoms with Crippen LogP contribution >= 0.6 is 12.2 Å². The Hall–Kier alpha value is -3.66. The maximum atomic E-state index is 12.9. The van der Waals surface area contributed by atoms with Gasteiger partial charge in [0.2, 0.25) is 5.91 Å². The lowest BCUT2D eigenvalue weighted by Crippen LogP contribution is -2.60. The van der Waals surface area contributed by atoms with E-state index in [0.717, 1.165) is 6.42 Å². The van der Waals surface area contributed by atoms with Crippen molar-refractivity contribution in [2.75, 3.05) is 32.9 Å². The predicted molar refractivity (Wildman–Crippen MR) is 133 cm³/mol. The molecule has 2 aromatic carbocycles. The van der Waals surface area contributed by atoms with E-state index in [4.69, 9.17) is 26.4 Å². The fraction of sp³-hybridized carbons (Fsp3) is 0.360. The predicted octanol–water partition coefficient (Wildman–Crippen LogP) is 2.30. The molecule has 0 aromatic heterocycles. The quantitative estimate of drug-likeness (QED) is 0.291. The van der Waals surface area contributed by atoms with E-state index >= 15 is 0 Å². The van der Waals surface area contributed by atoms with Crippen molar-refractivity contribution in [3.05, 3.63) is 60.2 Å². The number of esters is 1. The first kappa shape index (κ1) is 26.0. The van der Waals surface area contributed by atoms with E-state index in [1.54, 1.807) is 36.4 Å². The third-order valence-corrected chi connectivity index (χ3v) is 5.46. The number of nitrogens with zero attached hydrogens (tertiary/aromatic N) is 1. The molecule has 1 saturated heterocycles. The van der Waals surface area contributed by atoms with E-state index in [1.807, 2.05) is 25.1 Å². The number of rotatable bonds is 10. The molecule has 10 heteroatoms. The van der Waals surface area contributed by atoms with E-state index in [1.165, 1.54) is 4.90 Å². The number of thiocarbonyl (C=S) groups is 1. The van der Waals surface area contributed by atoms with Crippen LogP contribution in [0.25, 0.3) is 0 Å². The standard InChI is InChI=1S/C25H29N3O6S/c1-2-14-33-21-11-7-6-10-19(21)23(30)27-25(35)28-13-12-26-24(31)20(28)17-22(29)34-16-15-32-18-8-4-3-5-9-18/h3-11,20H,2,12-17H2,1H3,(H,26,31)(H,27,30,35). The number of ether oxygens (including phenoxy) is 3. The average Bonchev–Trinajstić information content (AvgIpc) is 2.87. The van der Waals surface area contributed by atoms with Crippen LogP contribution in [0.15, 0.2) is 54.6 Å². The van der Waals surface area contributed by atoms with E-state index < -0.39 is 17.9 Å². The van der Waals surface area contributed by atoms with Crippen molar-refractivity contribution in [3.63, 3.8) is 0 Å². The van der Waals surface area contributed by atoms with Crippen LogP contribution in [0.3, 0.4) is 0 Å². The van der Waals surface area contributed by atoms with Gasteiger partial charge >= 0.3 is 5.97 Å². The minimum atomic E-state index is -0.898. The second-order valence-electron chi connectivity index (χ2n) is 7.69. The monoisotopic (exact) mass is 499 g/mol. The smallest absolute Gasteiger partial charge is 0.308 e. The lowest BCUT2D eigenvalue weighted by molar-refractivity contribution is -0.148. The fourth-order valence-corrected chi connectivity index (χ4v) is 3.75. The van der Waals surface area contributed by atoms with Crippen molar-refractivity contribution in [1.29, 1.82) is 0 Å². The highest BCUT2D eigenvalue weighted by Gasteiger charge is 2.34. The fourth-order valence-electron chi connectivity index (χ4n) is 3.44. The molecule has 1 aliphatic rings. The molecule has 35 heavy (non-hydrogen) atoms. The second kappa shape index (κ2) is 13.3. The highest BCUT2D eigenvalue weighted by Crippen LogP contribution is 2.19. The first-order valence-electron chi connectivity index (χ1n) is 11.4.